The standard InChI is InChI=1S/C28H38O19/c1-12(29)37-9-20-22(41-15(4)32)24(43-17(6)34)25(44-18(7)35)27(45-20)46-26-23(42-16(5)33)21(40-14(3)31)10-39-28(26,47-19(8)36)11-38-13(2)30/h20-27H,9-11H2,1-8H3/t20-,21-,22+,23-,24+,25+,26-,27+,28+/m1/s1. The molecule has 264 valence electrons. The molecule has 9 atom stereocenters. The maximum Gasteiger partial charge on any atom is 0.305 e. The highest BCUT2D eigenvalue weighted by atomic mass is 16.8. The van der Waals surface area contributed by atoms with Gasteiger partial charge in [-0.05, 0) is 0 Å². The first-order valence-electron chi connectivity index (χ1n) is 14.1. The molecule has 2 fully saturated rings. The number of carbonyl (C=O) groups is 8. The molecule has 47 heavy (non-hydrogen) atoms. The molecule has 0 aromatic rings. The molecule has 0 N–H and O–H groups in total. The van der Waals surface area contributed by atoms with Gasteiger partial charge in [-0.1, -0.05) is 0 Å². The lowest BCUT2D eigenvalue weighted by atomic mass is 9.94. The van der Waals surface area contributed by atoms with Gasteiger partial charge in [-0.15, -0.1) is 0 Å². The monoisotopic (exact) mass is 678 g/mol. The summed E-state index contributed by atoms with van der Waals surface area (Å²) in [6.07, 6.45) is -13.5. The van der Waals surface area contributed by atoms with Crippen LogP contribution in [0.1, 0.15) is 55.4 Å². The van der Waals surface area contributed by atoms with Crippen LogP contribution in [0.2, 0.25) is 0 Å². The molecule has 0 spiro atoms. The summed E-state index contributed by atoms with van der Waals surface area (Å²) in [7, 11) is 0. The highest BCUT2D eigenvalue weighted by Gasteiger charge is 2.62. The largest absolute Gasteiger partial charge is 0.463 e. The maximum atomic E-state index is 12.4. The molecule has 0 aromatic carbocycles. The molecular weight excluding hydrogens is 640 g/mol. The van der Waals surface area contributed by atoms with Crippen molar-refractivity contribution in [3.05, 3.63) is 0 Å². The Morgan fingerprint density at radius 3 is 1.55 bits per heavy atom. The van der Waals surface area contributed by atoms with Crippen molar-refractivity contribution >= 4 is 47.8 Å². The highest BCUT2D eigenvalue weighted by molar-refractivity contribution is 5.70. The summed E-state index contributed by atoms with van der Waals surface area (Å²) in [5.41, 5.74) is 0. The molecule has 2 aliphatic heterocycles. The van der Waals surface area contributed by atoms with E-state index >= 15 is 0 Å². The van der Waals surface area contributed by atoms with E-state index in [0.29, 0.717) is 0 Å². The van der Waals surface area contributed by atoms with Crippen molar-refractivity contribution in [2.75, 3.05) is 19.8 Å². The third kappa shape index (κ3) is 11.4. The minimum Gasteiger partial charge on any atom is -0.463 e. The van der Waals surface area contributed by atoms with Crippen LogP contribution in [0.5, 0.6) is 0 Å². The normalized spacial score (nSPS) is 30.0. The molecule has 2 aliphatic rings. The van der Waals surface area contributed by atoms with Crippen LogP contribution in [0.4, 0.5) is 0 Å². The molecule has 0 amide bonds. The van der Waals surface area contributed by atoms with Crippen LogP contribution in [-0.4, -0.2) is 122 Å². The Balaban J connectivity index is 2.81. The van der Waals surface area contributed by atoms with Crippen molar-refractivity contribution in [2.45, 2.75) is 110 Å². The summed E-state index contributed by atoms with van der Waals surface area (Å²) in [5, 5.41) is 0. The predicted octanol–water partition coefficient (Wildman–Crippen LogP) is -0.829. The summed E-state index contributed by atoms with van der Waals surface area (Å²) in [6, 6.07) is 0. The quantitative estimate of drug-likeness (QED) is 0.181. The zero-order valence-electron chi connectivity index (χ0n) is 27.0. The van der Waals surface area contributed by atoms with E-state index in [2.05, 4.69) is 0 Å². The number of rotatable bonds is 12. The number of ether oxygens (including phenoxy) is 11. The van der Waals surface area contributed by atoms with Crippen LogP contribution in [0.3, 0.4) is 0 Å². The van der Waals surface area contributed by atoms with Gasteiger partial charge in [-0.25, -0.2) is 0 Å². The summed E-state index contributed by atoms with van der Waals surface area (Å²) in [6.45, 7) is 6.08. The van der Waals surface area contributed by atoms with Crippen molar-refractivity contribution in [1.29, 1.82) is 0 Å². The van der Waals surface area contributed by atoms with Crippen LogP contribution in [-0.2, 0) is 90.5 Å². The van der Waals surface area contributed by atoms with Gasteiger partial charge in [-0.3, -0.25) is 38.4 Å². The summed E-state index contributed by atoms with van der Waals surface area (Å²) < 4.78 is 60.4. The van der Waals surface area contributed by atoms with Gasteiger partial charge in [0.2, 0.25) is 0 Å². The molecule has 19 nitrogen and oxygen atoms in total. The topological polar surface area (TPSA) is 238 Å². The van der Waals surface area contributed by atoms with Gasteiger partial charge < -0.3 is 52.1 Å². The second-order valence-electron chi connectivity index (χ2n) is 10.3. The lowest BCUT2D eigenvalue weighted by Gasteiger charge is -2.50. The zero-order valence-corrected chi connectivity index (χ0v) is 27.0. The lowest BCUT2D eigenvalue weighted by Crippen LogP contribution is -2.70. The van der Waals surface area contributed by atoms with Gasteiger partial charge in [-0.2, -0.15) is 0 Å². The summed E-state index contributed by atoms with van der Waals surface area (Å²) in [4.78, 5) is 96.8. The fourth-order valence-corrected chi connectivity index (χ4v) is 4.80. The average molecular weight is 679 g/mol. The molecule has 0 bridgehead atoms. The molecular formula is C28H38O19. The molecule has 0 unspecified atom stereocenters. The number of esters is 8. The Morgan fingerprint density at radius 1 is 0.574 bits per heavy atom. The summed E-state index contributed by atoms with van der Waals surface area (Å²) >= 11 is 0. The molecule has 19 heteroatoms. The van der Waals surface area contributed by atoms with Crippen LogP contribution >= 0.6 is 0 Å². The van der Waals surface area contributed by atoms with E-state index in [1.165, 1.54) is 0 Å². The zero-order chi connectivity index (χ0) is 35.6. The molecule has 0 aromatic heterocycles. The second kappa shape index (κ2) is 17.0. The fraction of sp³-hybridized carbons (Fsp3) is 0.714. The van der Waals surface area contributed by atoms with E-state index in [1.807, 2.05) is 0 Å². The van der Waals surface area contributed by atoms with Gasteiger partial charge >= 0.3 is 47.8 Å². The van der Waals surface area contributed by atoms with Crippen molar-refractivity contribution in [2.24, 2.45) is 0 Å². The fourth-order valence-electron chi connectivity index (χ4n) is 4.80. The van der Waals surface area contributed by atoms with E-state index in [4.69, 9.17) is 52.1 Å². The number of carbonyl (C=O) groups excluding carboxylic acids is 8. The van der Waals surface area contributed by atoms with Crippen LogP contribution in [0.15, 0.2) is 0 Å². The van der Waals surface area contributed by atoms with E-state index in [-0.39, 0.29) is 0 Å². The average Bonchev–Trinajstić information content (AvgIpc) is 2.91. The van der Waals surface area contributed by atoms with Gasteiger partial charge in [0.1, 0.15) is 12.7 Å². The first kappa shape index (κ1) is 38.8. The molecule has 2 saturated heterocycles. The van der Waals surface area contributed by atoms with E-state index < -0.39 is 122 Å². The third-order valence-corrected chi connectivity index (χ3v) is 6.23. The highest BCUT2D eigenvalue weighted by Crippen LogP contribution is 2.38. The molecule has 0 saturated carbocycles. The van der Waals surface area contributed by atoms with E-state index in [0.717, 1.165) is 55.4 Å². The first-order chi connectivity index (χ1) is 21.8. The van der Waals surface area contributed by atoms with E-state index in [1.54, 1.807) is 0 Å². The number of hydrogen-bond acceptors (Lipinski definition) is 19. The predicted molar refractivity (Wildman–Crippen MR) is 145 cm³/mol. The molecule has 2 heterocycles. The smallest absolute Gasteiger partial charge is 0.305 e. The van der Waals surface area contributed by atoms with E-state index in [9.17, 15) is 38.4 Å². The molecule has 0 aliphatic carbocycles. The summed E-state index contributed by atoms with van der Waals surface area (Å²) in [5.74, 6) is -9.66. The van der Waals surface area contributed by atoms with Gasteiger partial charge in [0.05, 0.1) is 6.61 Å². The van der Waals surface area contributed by atoms with Crippen molar-refractivity contribution in [3.63, 3.8) is 0 Å². The SMILES string of the molecule is CC(=O)OC[C@H]1O[C@@H](O[C@@H]2[C@H](OC(C)=O)[C@H](OC(C)=O)CO[C@@]2(COC(C)=O)OC(C)=O)[C@@H](OC(C)=O)[C@@H](OC(C)=O)[C@H]1OC(C)=O. The Morgan fingerprint density at radius 2 is 1.06 bits per heavy atom. The Hall–Kier alpha value is -4.36. The Kier molecular flexibility index (Phi) is 14.0. The minimum atomic E-state index is -2.44. The van der Waals surface area contributed by atoms with Crippen LogP contribution < -0.4 is 0 Å². The van der Waals surface area contributed by atoms with Crippen LogP contribution in [0, 0.1) is 0 Å². The van der Waals surface area contributed by atoms with Crippen LogP contribution in [0.25, 0.3) is 0 Å². The van der Waals surface area contributed by atoms with Crippen molar-refractivity contribution in [1.82, 2.24) is 0 Å². The van der Waals surface area contributed by atoms with Gasteiger partial charge in [0.25, 0.3) is 5.79 Å². The van der Waals surface area contributed by atoms with Gasteiger partial charge in [0, 0.05) is 55.4 Å². The Bertz CT molecular complexity index is 1210. The van der Waals surface area contributed by atoms with Crippen molar-refractivity contribution < 1.29 is 90.5 Å². The number of hydrogen-bond donors (Lipinski definition) is 0. The molecule has 2 rings (SSSR count). The second-order valence-corrected chi connectivity index (χ2v) is 10.3. The van der Waals surface area contributed by atoms with Crippen molar-refractivity contribution in [3.8, 4) is 0 Å². The van der Waals surface area contributed by atoms with Gasteiger partial charge in [0.15, 0.2) is 49.5 Å². The Labute approximate surface area is 268 Å². The maximum absolute atomic E-state index is 12.4. The minimum absolute atomic E-state index is 0.579. The third-order valence-electron chi connectivity index (χ3n) is 6.23. The first-order valence-corrected chi connectivity index (χ1v) is 14.1. The molecule has 0 radical (unpaired) electrons. The lowest BCUT2D eigenvalue weighted by molar-refractivity contribution is -0.387.